The molecule has 6 heteroatoms. The largest absolute Gasteiger partial charge is 0.399 e. The summed E-state index contributed by atoms with van der Waals surface area (Å²) in [6, 6.07) is 5.80. The maximum absolute atomic E-state index is 6.27. The van der Waals surface area contributed by atoms with Gasteiger partial charge in [0.2, 0.25) is 0 Å². The van der Waals surface area contributed by atoms with Gasteiger partial charge in [0.15, 0.2) is 5.82 Å². The van der Waals surface area contributed by atoms with E-state index in [-0.39, 0.29) is 0 Å². The number of benzene rings is 1. The lowest BCUT2D eigenvalue weighted by molar-refractivity contribution is 0.265. The summed E-state index contributed by atoms with van der Waals surface area (Å²) >= 11 is 6.27. The van der Waals surface area contributed by atoms with Crippen molar-refractivity contribution in [3.8, 4) is 11.4 Å². The highest BCUT2D eigenvalue weighted by Gasteiger charge is 2.25. The van der Waals surface area contributed by atoms with Crippen molar-refractivity contribution in [2.24, 2.45) is 5.92 Å². The predicted molar refractivity (Wildman–Crippen MR) is 79.3 cm³/mol. The van der Waals surface area contributed by atoms with E-state index in [1.165, 1.54) is 12.8 Å². The Labute approximate surface area is 123 Å². The molecule has 0 aliphatic heterocycles. The van der Waals surface area contributed by atoms with Crippen LogP contribution in [0.4, 0.5) is 5.69 Å². The Morgan fingerprint density at radius 1 is 1.35 bits per heavy atom. The number of tetrazole rings is 1. The molecule has 2 atom stereocenters. The second-order valence-corrected chi connectivity index (χ2v) is 6.02. The summed E-state index contributed by atoms with van der Waals surface area (Å²) < 4.78 is 1.92. The van der Waals surface area contributed by atoms with E-state index in [9.17, 15) is 0 Å². The Bertz CT molecular complexity index is 609. The quantitative estimate of drug-likeness (QED) is 0.862. The molecule has 2 N–H and O–H groups in total. The van der Waals surface area contributed by atoms with Crippen LogP contribution in [0.25, 0.3) is 11.4 Å². The highest BCUT2D eigenvalue weighted by atomic mass is 35.5. The van der Waals surface area contributed by atoms with Gasteiger partial charge in [-0.1, -0.05) is 31.4 Å². The first kappa shape index (κ1) is 13.4. The standard InChI is InChI=1S/C14H18ClN5/c1-9-3-2-4-11(7-9)20-14(17-18-19-20)12-6-5-10(16)8-13(12)15/h5-6,8-9,11H,2-4,7,16H2,1H3. The van der Waals surface area contributed by atoms with Gasteiger partial charge in [-0.2, -0.15) is 0 Å². The Balaban J connectivity index is 1.97. The van der Waals surface area contributed by atoms with Crippen molar-refractivity contribution in [2.45, 2.75) is 38.6 Å². The van der Waals surface area contributed by atoms with Crippen molar-refractivity contribution in [3.05, 3.63) is 23.2 Å². The van der Waals surface area contributed by atoms with Gasteiger partial charge in [-0.05, 0) is 47.4 Å². The zero-order valence-corrected chi connectivity index (χ0v) is 12.2. The van der Waals surface area contributed by atoms with Gasteiger partial charge in [0.05, 0.1) is 11.1 Å². The molecule has 0 spiro atoms. The minimum Gasteiger partial charge on any atom is -0.399 e. The average Bonchev–Trinajstić information content (AvgIpc) is 2.87. The molecule has 0 saturated heterocycles. The minimum absolute atomic E-state index is 0.359. The maximum Gasteiger partial charge on any atom is 0.183 e. The average molecular weight is 292 g/mol. The van der Waals surface area contributed by atoms with Crippen LogP contribution in [0.5, 0.6) is 0 Å². The number of rotatable bonds is 2. The summed E-state index contributed by atoms with van der Waals surface area (Å²) in [7, 11) is 0. The van der Waals surface area contributed by atoms with Crippen LogP contribution in [0, 0.1) is 5.92 Å². The number of halogens is 1. The number of nitrogens with two attached hydrogens (primary N) is 1. The number of hydrogen-bond acceptors (Lipinski definition) is 4. The first-order valence-electron chi connectivity index (χ1n) is 6.98. The predicted octanol–water partition coefficient (Wildman–Crippen LogP) is 3.33. The van der Waals surface area contributed by atoms with E-state index in [1.807, 2.05) is 16.8 Å². The highest BCUT2D eigenvalue weighted by Crippen LogP contribution is 2.35. The van der Waals surface area contributed by atoms with Crippen LogP contribution in [-0.4, -0.2) is 20.2 Å². The van der Waals surface area contributed by atoms with Gasteiger partial charge < -0.3 is 5.73 Å². The molecule has 1 aliphatic rings. The Hall–Kier alpha value is -1.62. The van der Waals surface area contributed by atoms with Crippen molar-refractivity contribution in [1.29, 1.82) is 0 Å². The van der Waals surface area contributed by atoms with Crippen molar-refractivity contribution < 1.29 is 0 Å². The van der Waals surface area contributed by atoms with Crippen LogP contribution < -0.4 is 5.73 Å². The topological polar surface area (TPSA) is 69.6 Å². The minimum atomic E-state index is 0.359. The van der Waals surface area contributed by atoms with Crippen LogP contribution in [0.15, 0.2) is 18.2 Å². The Morgan fingerprint density at radius 2 is 2.20 bits per heavy atom. The van der Waals surface area contributed by atoms with Gasteiger partial charge in [-0.25, -0.2) is 4.68 Å². The lowest BCUT2D eigenvalue weighted by Gasteiger charge is -2.27. The summed E-state index contributed by atoms with van der Waals surface area (Å²) in [6.45, 7) is 2.28. The molecule has 2 unspecified atom stereocenters. The molecule has 5 nitrogen and oxygen atoms in total. The van der Waals surface area contributed by atoms with Gasteiger partial charge in [0, 0.05) is 11.3 Å². The van der Waals surface area contributed by atoms with Crippen LogP contribution in [0.3, 0.4) is 0 Å². The highest BCUT2D eigenvalue weighted by molar-refractivity contribution is 6.33. The van der Waals surface area contributed by atoms with Crippen LogP contribution >= 0.6 is 11.6 Å². The number of nitrogens with zero attached hydrogens (tertiary/aromatic N) is 4. The Kier molecular flexibility index (Phi) is 3.61. The number of anilines is 1. The van der Waals surface area contributed by atoms with Crippen LogP contribution in [-0.2, 0) is 0 Å². The van der Waals surface area contributed by atoms with Crippen molar-refractivity contribution >= 4 is 17.3 Å². The third-order valence-electron chi connectivity index (χ3n) is 3.98. The molecular formula is C14H18ClN5. The van der Waals surface area contributed by atoms with E-state index < -0.39 is 0 Å². The molecule has 0 bridgehead atoms. The zero-order chi connectivity index (χ0) is 14.1. The zero-order valence-electron chi connectivity index (χ0n) is 11.5. The van der Waals surface area contributed by atoms with E-state index in [2.05, 4.69) is 22.4 Å². The molecule has 106 valence electrons. The molecule has 1 aromatic carbocycles. The van der Waals surface area contributed by atoms with Crippen LogP contribution in [0.1, 0.15) is 38.6 Å². The number of hydrogen-bond donors (Lipinski definition) is 1. The fourth-order valence-electron chi connectivity index (χ4n) is 2.95. The third-order valence-corrected chi connectivity index (χ3v) is 4.29. The third kappa shape index (κ3) is 2.50. The Morgan fingerprint density at radius 3 is 2.95 bits per heavy atom. The van der Waals surface area contributed by atoms with E-state index in [0.717, 1.165) is 24.2 Å². The first-order chi connectivity index (χ1) is 9.65. The monoisotopic (exact) mass is 291 g/mol. The summed E-state index contributed by atoms with van der Waals surface area (Å²) in [5.74, 6) is 1.45. The molecule has 1 heterocycles. The molecular weight excluding hydrogens is 274 g/mol. The van der Waals surface area contributed by atoms with Gasteiger partial charge in [0.1, 0.15) is 0 Å². The molecule has 1 aromatic heterocycles. The van der Waals surface area contributed by atoms with Gasteiger partial charge in [-0.15, -0.1) is 5.10 Å². The fourth-order valence-corrected chi connectivity index (χ4v) is 3.23. The summed E-state index contributed by atoms with van der Waals surface area (Å²) in [5, 5.41) is 12.8. The smallest absolute Gasteiger partial charge is 0.183 e. The van der Waals surface area contributed by atoms with E-state index in [1.54, 1.807) is 6.07 Å². The summed E-state index contributed by atoms with van der Waals surface area (Å²) in [4.78, 5) is 0. The van der Waals surface area contributed by atoms with Gasteiger partial charge in [0.25, 0.3) is 0 Å². The SMILES string of the molecule is CC1CCCC(n2nnnc2-c2ccc(N)cc2Cl)C1. The van der Waals surface area contributed by atoms with Crippen molar-refractivity contribution in [2.75, 3.05) is 5.73 Å². The molecule has 1 aliphatic carbocycles. The van der Waals surface area contributed by atoms with Crippen molar-refractivity contribution in [1.82, 2.24) is 20.2 Å². The van der Waals surface area contributed by atoms with E-state index >= 15 is 0 Å². The maximum atomic E-state index is 6.27. The summed E-state index contributed by atoms with van der Waals surface area (Å²) in [6.07, 6.45) is 4.75. The number of aromatic nitrogens is 4. The lowest BCUT2D eigenvalue weighted by Crippen LogP contribution is -2.19. The number of nitrogen functional groups attached to an aromatic ring is 1. The fraction of sp³-hybridized carbons (Fsp3) is 0.500. The molecule has 20 heavy (non-hydrogen) atoms. The van der Waals surface area contributed by atoms with Gasteiger partial charge >= 0.3 is 0 Å². The lowest BCUT2D eigenvalue weighted by atomic mass is 9.87. The molecule has 3 rings (SSSR count). The van der Waals surface area contributed by atoms with E-state index in [0.29, 0.717) is 22.7 Å². The molecule has 0 amide bonds. The van der Waals surface area contributed by atoms with Crippen molar-refractivity contribution in [3.63, 3.8) is 0 Å². The second kappa shape index (κ2) is 5.40. The summed E-state index contributed by atoms with van der Waals surface area (Å²) in [5.41, 5.74) is 7.22. The molecule has 1 fully saturated rings. The molecule has 1 saturated carbocycles. The molecule has 0 radical (unpaired) electrons. The first-order valence-corrected chi connectivity index (χ1v) is 7.36. The molecule has 2 aromatic rings. The van der Waals surface area contributed by atoms with Gasteiger partial charge in [-0.3, -0.25) is 0 Å². The van der Waals surface area contributed by atoms with E-state index in [4.69, 9.17) is 17.3 Å². The van der Waals surface area contributed by atoms with Crippen LogP contribution in [0.2, 0.25) is 5.02 Å². The second-order valence-electron chi connectivity index (χ2n) is 5.61. The normalized spacial score (nSPS) is 22.9.